The van der Waals surface area contributed by atoms with E-state index in [1.54, 1.807) is 6.07 Å². The first-order valence-electron chi connectivity index (χ1n) is 8.38. The van der Waals surface area contributed by atoms with Gasteiger partial charge in [0.05, 0.1) is 15.6 Å². The molecule has 0 aliphatic rings. The van der Waals surface area contributed by atoms with Gasteiger partial charge < -0.3 is 14.5 Å². The Kier molecular flexibility index (Phi) is 5.65. The molecule has 7 nitrogen and oxygen atoms in total. The summed E-state index contributed by atoms with van der Waals surface area (Å²) in [6, 6.07) is 12.8. The molecule has 0 aliphatic heterocycles. The summed E-state index contributed by atoms with van der Waals surface area (Å²) in [6.45, 7) is 4.06. The number of rotatable bonds is 6. The van der Waals surface area contributed by atoms with Crippen LogP contribution in [0.5, 0.6) is 5.75 Å². The van der Waals surface area contributed by atoms with Crippen molar-refractivity contribution < 1.29 is 18.9 Å². The van der Waals surface area contributed by atoms with Gasteiger partial charge in [-0.3, -0.25) is 14.9 Å². The fraction of sp³-hybridized carbons (Fsp3) is 0.150. The van der Waals surface area contributed by atoms with Gasteiger partial charge in [0.25, 0.3) is 11.6 Å². The van der Waals surface area contributed by atoms with Crippen LogP contribution in [0, 0.1) is 24.0 Å². The van der Waals surface area contributed by atoms with Gasteiger partial charge in [0.1, 0.15) is 18.1 Å². The van der Waals surface area contributed by atoms with Crippen molar-refractivity contribution in [2.75, 3.05) is 5.32 Å². The number of amides is 1. The zero-order valence-electron chi connectivity index (χ0n) is 15.2. The maximum atomic E-state index is 12.4. The van der Waals surface area contributed by atoms with Crippen LogP contribution in [0.15, 0.2) is 52.9 Å². The summed E-state index contributed by atoms with van der Waals surface area (Å²) in [6.07, 6.45) is 0. The van der Waals surface area contributed by atoms with Crippen LogP contribution in [-0.2, 0) is 6.61 Å². The van der Waals surface area contributed by atoms with Gasteiger partial charge in [-0.05, 0) is 43.2 Å². The number of ether oxygens (including phenoxy) is 1. The van der Waals surface area contributed by atoms with E-state index < -0.39 is 10.8 Å². The van der Waals surface area contributed by atoms with E-state index in [4.69, 9.17) is 20.8 Å². The molecule has 0 spiro atoms. The van der Waals surface area contributed by atoms with E-state index in [2.05, 4.69) is 5.32 Å². The van der Waals surface area contributed by atoms with E-state index in [9.17, 15) is 14.9 Å². The number of carbonyl (C=O) groups excluding carboxylic acids is 1. The number of nitrogens with zero attached hydrogens (tertiary/aromatic N) is 1. The van der Waals surface area contributed by atoms with Gasteiger partial charge in [-0.15, -0.1) is 0 Å². The molecule has 1 amide bonds. The van der Waals surface area contributed by atoms with Crippen LogP contribution in [0.2, 0.25) is 5.02 Å². The second-order valence-electron chi connectivity index (χ2n) is 6.15. The van der Waals surface area contributed by atoms with Crippen LogP contribution < -0.4 is 10.1 Å². The predicted octanol–water partition coefficient (Wildman–Crippen LogP) is 5.29. The van der Waals surface area contributed by atoms with E-state index in [1.807, 2.05) is 32.0 Å². The molecule has 1 heterocycles. The van der Waals surface area contributed by atoms with Crippen LogP contribution in [-0.4, -0.2) is 10.8 Å². The lowest BCUT2D eigenvalue weighted by Gasteiger charge is -2.10. The topological polar surface area (TPSA) is 94.6 Å². The van der Waals surface area contributed by atoms with Crippen LogP contribution in [0.3, 0.4) is 0 Å². The maximum Gasteiger partial charge on any atom is 0.291 e. The molecule has 0 aliphatic carbocycles. The summed E-state index contributed by atoms with van der Waals surface area (Å²) < 4.78 is 11.3. The number of nitro benzene ring substituents is 1. The van der Waals surface area contributed by atoms with E-state index in [0.717, 1.165) is 16.9 Å². The Bertz CT molecular complexity index is 1020. The molecule has 1 aromatic heterocycles. The molecule has 0 saturated heterocycles. The minimum Gasteiger partial charge on any atom is -0.485 e. The van der Waals surface area contributed by atoms with Crippen molar-refractivity contribution in [2.45, 2.75) is 20.5 Å². The van der Waals surface area contributed by atoms with E-state index in [0.29, 0.717) is 5.76 Å². The number of benzene rings is 2. The SMILES string of the molecule is Cc1cccc(C)c1OCc1ccc(C(=O)Nc2cc([N+](=O)[O-])ccc2Cl)o1. The summed E-state index contributed by atoms with van der Waals surface area (Å²) in [5, 5.41) is 13.6. The number of halogens is 1. The van der Waals surface area contributed by atoms with Crippen molar-refractivity contribution in [2.24, 2.45) is 0 Å². The Morgan fingerprint density at radius 3 is 2.57 bits per heavy atom. The number of anilines is 1. The molecule has 0 radical (unpaired) electrons. The number of nitrogens with one attached hydrogen (secondary N) is 1. The molecule has 0 atom stereocenters. The highest BCUT2D eigenvalue weighted by atomic mass is 35.5. The van der Waals surface area contributed by atoms with Gasteiger partial charge in [-0.1, -0.05) is 29.8 Å². The van der Waals surface area contributed by atoms with Crippen molar-refractivity contribution in [3.05, 3.63) is 86.3 Å². The second-order valence-corrected chi connectivity index (χ2v) is 6.56. The molecule has 0 fully saturated rings. The molecule has 3 aromatic rings. The Morgan fingerprint density at radius 1 is 1.18 bits per heavy atom. The number of hydrogen-bond acceptors (Lipinski definition) is 5. The van der Waals surface area contributed by atoms with Crippen molar-refractivity contribution in [1.82, 2.24) is 0 Å². The molecule has 8 heteroatoms. The third kappa shape index (κ3) is 4.32. The summed E-state index contributed by atoms with van der Waals surface area (Å²) in [5.74, 6) is 0.717. The van der Waals surface area contributed by atoms with Crippen molar-refractivity contribution in [1.29, 1.82) is 0 Å². The fourth-order valence-corrected chi connectivity index (χ4v) is 2.82. The molecule has 144 valence electrons. The summed E-state index contributed by atoms with van der Waals surface area (Å²) >= 11 is 6.00. The number of carbonyl (C=O) groups is 1. The summed E-state index contributed by atoms with van der Waals surface area (Å²) in [4.78, 5) is 22.7. The van der Waals surface area contributed by atoms with Crippen LogP contribution in [0.4, 0.5) is 11.4 Å². The van der Waals surface area contributed by atoms with Gasteiger partial charge in [0, 0.05) is 12.1 Å². The number of non-ortho nitro benzene ring substituents is 1. The first kappa shape index (κ1) is 19.4. The number of aryl methyl sites for hydroxylation is 2. The Balaban J connectivity index is 1.69. The molecular weight excluding hydrogens is 384 g/mol. The lowest BCUT2D eigenvalue weighted by atomic mass is 10.1. The van der Waals surface area contributed by atoms with Gasteiger partial charge in [0.2, 0.25) is 0 Å². The van der Waals surface area contributed by atoms with Crippen LogP contribution in [0.1, 0.15) is 27.4 Å². The highest BCUT2D eigenvalue weighted by molar-refractivity contribution is 6.34. The van der Waals surface area contributed by atoms with Crippen molar-refractivity contribution in [3.63, 3.8) is 0 Å². The molecule has 0 unspecified atom stereocenters. The largest absolute Gasteiger partial charge is 0.485 e. The minimum absolute atomic E-state index is 0.0441. The zero-order valence-corrected chi connectivity index (χ0v) is 15.9. The smallest absolute Gasteiger partial charge is 0.291 e. The second kappa shape index (κ2) is 8.14. The average Bonchev–Trinajstić information content (AvgIpc) is 3.12. The van der Waals surface area contributed by atoms with Gasteiger partial charge in [-0.2, -0.15) is 0 Å². The Morgan fingerprint density at radius 2 is 1.89 bits per heavy atom. The number of furan rings is 1. The van der Waals surface area contributed by atoms with Crippen LogP contribution in [0.25, 0.3) is 0 Å². The maximum absolute atomic E-state index is 12.4. The van der Waals surface area contributed by atoms with Gasteiger partial charge in [-0.25, -0.2) is 0 Å². The summed E-state index contributed by atoms with van der Waals surface area (Å²) in [5.41, 5.74) is 1.96. The predicted molar refractivity (Wildman–Crippen MR) is 105 cm³/mol. The van der Waals surface area contributed by atoms with Crippen molar-refractivity contribution >= 4 is 28.9 Å². The van der Waals surface area contributed by atoms with Crippen molar-refractivity contribution in [3.8, 4) is 5.75 Å². The number of nitro groups is 1. The lowest BCUT2D eigenvalue weighted by molar-refractivity contribution is -0.384. The average molecular weight is 401 g/mol. The monoisotopic (exact) mass is 400 g/mol. The molecule has 1 N–H and O–H groups in total. The van der Waals surface area contributed by atoms with E-state index in [1.165, 1.54) is 24.3 Å². The molecule has 28 heavy (non-hydrogen) atoms. The highest BCUT2D eigenvalue weighted by Gasteiger charge is 2.16. The normalized spacial score (nSPS) is 10.5. The zero-order chi connectivity index (χ0) is 20.3. The minimum atomic E-state index is -0.569. The number of para-hydroxylation sites is 1. The third-order valence-corrected chi connectivity index (χ3v) is 4.39. The van der Waals surface area contributed by atoms with E-state index >= 15 is 0 Å². The molecule has 0 saturated carbocycles. The quantitative estimate of drug-likeness (QED) is 0.448. The highest BCUT2D eigenvalue weighted by Crippen LogP contribution is 2.28. The molecule has 2 aromatic carbocycles. The Hall–Kier alpha value is -3.32. The first-order chi connectivity index (χ1) is 13.3. The first-order valence-corrected chi connectivity index (χ1v) is 8.76. The molecule has 0 bridgehead atoms. The lowest BCUT2D eigenvalue weighted by Crippen LogP contribution is -2.11. The third-order valence-electron chi connectivity index (χ3n) is 4.06. The fourth-order valence-electron chi connectivity index (χ4n) is 2.65. The van der Waals surface area contributed by atoms with Crippen LogP contribution >= 0.6 is 11.6 Å². The standard InChI is InChI=1S/C20H17ClN2O5/c1-12-4-3-5-13(2)19(12)27-11-15-7-9-18(28-15)20(24)22-17-10-14(23(25)26)6-8-16(17)21/h3-10H,11H2,1-2H3,(H,22,24). The summed E-state index contributed by atoms with van der Waals surface area (Å²) in [7, 11) is 0. The number of hydrogen-bond donors (Lipinski definition) is 1. The molecule has 3 rings (SSSR count). The Labute approximate surface area is 166 Å². The van der Waals surface area contributed by atoms with E-state index in [-0.39, 0.29) is 28.8 Å². The van der Waals surface area contributed by atoms with Gasteiger partial charge >= 0.3 is 0 Å². The van der Waals surface area contributed by atoms with Gasteiger partial charge in [0.15, 0.2) is 5.76 Å². The molecular formula is C20H17ClN2O5.